The topological polar surface area (TPSA) is 64.3 Å². The Morgan fingerprint density at radius 1 is 1.62 bits per heavy atom. The monoisotopic (exact) mass is 220 g/mol. The third-order valence-corrected chi connectivity index (χ3v) is 2.54. The number of benzene rings is 1. The molecule has 0 radical (unpaired) electrons. The van der Waals surface area contributed by atoms with Crippen LogP contribution < -0.4 is 15.8 Å². The molecule has 0 aromatic heterocycles. The van der Waals surface area contributed by atoms with Crippen LogP contribution in [0, 0.1) is 0 Å². The molecule has 1 aromatic rings. The van der Waals surface area contributed by atoms with Crippen molar-refractivity contribution in [1.29, 1.82) is 0 Å². The van der Waals surface area contributed by atoms with Gasteiger partial charge in [-0.2, -0.15) is 0 Å². The van der Waals surface area contributed by atoms with E-state index in [1.54, 1.807) is 0 Å². The molecule has 1 amide bonds. The normalized spacial score (nSPS) is 19.8. The van der Waals surface area contributed by atoms with E-state index in [1.165, 1.54) is 0 Å². The van der Waals surface area contributed by atoms with Gasteiger partial charge in [-0.3, -0.25) is 4.79 Å². The van der Waals surface area contributed by atoms with E-state index in [0.717, 1.165) is 11.3 Å². The quantitative estimate of drug-likeness (QED) is 0.777. The molecular formula is C12H16N2O2. The zero-order valence-electron chi connectivity index (χ0n) is 9.27. The number of nitrogens with one attached hydrogen (secondary N) is 1. The van der Waals surface area contributed by atoms with Crippen LogP contribution in [0.4, 0.5) is 0 Å². The van der Waals surface area contributed by atoms with Gasteiger partial charge < -0.3 is 15.8 Å². The fraction of sp³-hybridized carbons (Fsp3) is 0.417. The predicted molar refractivity (Wildman–Crippen MR) is 61.2 cm³/mol. The Labute approximate surface area is 94.8 Å². The molecule has 1 aliphatic rings. The molecule has 2 rings (SSSR count). The molecule has 4 heteroatoms. The predicted octanol–water partition coefficient (Wildman–Crippen LogP) is 0.454. The number of amides is 1. The lowest BCUT2D eigenvalue weighted by molar-refractivity contribution is -0.127. The Balaban J connectivity index is 1.93. The van der Waals surface area contributed by atoms with Gasteiger partial charge in [-0.05, 0) is 18.6 Å². The van der Waals surface area contributed by atoms with Crippen molar-refractivity contribution in [2.75, 3.05) is 6.54 Å². The summed E-state index contributed by atoms with van der Waals surface area (Å²) in [6.07, 6.45) is 0.233. The maximum Gasteiger partial charge on any atom is 0.261 e. The molecule has 0 saturated heterocycles. The highest BCUT2D eigenvalue weighted by Gasteiger charge is 2.28. The van der Waals surface area contributed by atoms with E-state index in [9.17, 15) is 4.79 Å². The average molecular weight is 220 g/mol. The van der Waals surface area contributed by atoms with Crippen LogP contribution in [-0.2, 0) is 11.2 Å². The summed E-state index contributed by atoms with van der Waals surface area (Å²) in [6.45, 7) is 2.33. The second-order valence-electron chi connectivity index (χ2n) is 4.14. The minimum absolute atomic E-state index is 0.0345. The standard InChI is InChI=1S/C12H16N2O2/c1-8(13)7-14-12(15)11-6-9-4-2-3-5-10(9)16-11/h2-5,8,11H,6-7,13H2,1H3,(H,14,15). The van der Waals surface area contributed by atoms with E-state index in [2.05, 4.69) is 5.32 Å². The minimum Gasteiger partial charge on any atom is -0.480 e. The summed E-state index contributed by atoms with van der Waals surface area (Å²) in [6, 6.07) is 7.68. The Hall–Kier alpha value is -1.55. The highest BCUT2D eigenvalue weighted by molar-refractivity contribution is 5.82. The van der Waals surface area contributed by atoms with Crippen molar-refractivity contribution in [1.82, 2.24) is 5.32 Å². The van der Waals surface area contributed by atoms with E-state index >= 15 is 0 Å². The van der Waals surface area contributed by atoms with Crippen molar-refractivity contribution in [3.63, 3.8) is 0 Å². The smallest absolute Gasteiger partial charge is 0.261 e. The van der Waals surface area contributed by atoms with Crippen LogP contribution in [0.25, 0.3) is 0 Å². The molecule has 86 valence electrons. The summed E-state index contributed by atoms with van der Waals surface area (Å²) in [5, 5.41) is 2.77. The molecule has 2 atom stereocenters. The molecule has 0 bridgehead atoms. The molecule has 0 spiro atoms. The van der Waals surface area contributed by atoms with Crippen LogP contribution >= 0.6 is 0 Å². The molecule has 0 saturated carbocycles. The fourth-order valence-corrected chi connectivity index (χ4v) is 1.70. The van der Waals surface area contributed by atoms with Crippen LogP contribution in [0.5, 0.6) is 5.75 Å². The van der Waals surface area contributed by atoms with Gasteiger partial charge in [-0.1, -0.05) is 18.2 Å². The third-order valence-electron chi connectivity index (χ3n) is 2.54. The lowest BCUT2D eigenvalue weighted by Crippen LogP contribution is -2.42. The highest BCUT2D eigenvalue weighted by atomic mass is 16.5. The molecule has 0 aliphatic carbocycles. The molecule has 2 unspecified atom stereocenters. The summed E-state index contributed by atoms with van der Waals surface area (Å²) in [5.74, 6) is 0.719. The van der Waals surface area contributed by atoms with Crippen LogP contribution in [0.3, 0.4) is 0 Å². The van der Waals surface area contributed by atoms with Crippen LogP contribution in [0.2, 0.25) is 0 Å². The summed E-state index contributed by atoms with van der Waals surface area (Å²) >= 11 is 0. The van der Waals surface area contributed by atoms with E-state index in [1.807, 2.05) is 31.2 Å². The van der Waals surface area contributed by atoms with E-state index < -0.39 is 6.10 Å². The number of hydrogen-bond donors (Lipinski definition) is 2. The van der Waals surface area contributed by atoms with Crippen LogP contribution in [-0.4, -0.2) is 24.6 Å². The molecule has 1 heterocycles. The number of para-hydroxylation sites is 1. The summed E-state index contributed by atoms with van der Waals surface area (Å²) in [4.78, 5) is 11.7. The molecule has 4 nitrogen and oxygen atoms in total. The third kappa shape index (κ3) is 2.33. The van der Waals surface area contributed by atoms with Crippen molar-refractivity contribution < 1.29 is 9.53 Å². The number of carbonyl (C=O) groups excluding carboxylic acids is 1. The maximum atomic E-state index is 11.7. The first kappa shape index (κ1) is 11.0. The first-order valence-electron chi connectivity index (χ1n) is 5.44. The summed E-state index contributed by atoms with van der Waals surface area (Å²) < 4.78 is 5.55. The molecule has 0 fully saturated rings. The SMILES string of the molecule is CC(N)CNC(=O)C1Cc2ccccc2O1. The molecule has 1 aliphatic heterocycles. The summed E-state index contributed by atoms with van der Waals surface area (Å²) in [5.41, 5.74) is 6.65. The largest absolute Gasteiger partial charge is 0.480 e. The molecule has 16 heavy (non-hydrogen) atoms. The number of rotatable bonds is 3. The van der Waals surface area contributed by atoms with Gasteiger partial charge in [-0.15, -0.1) is 0 Å². The van der Waals surface area contributed by atoms with Crippen LogP contribution in [0.15, 0.2) is 24.3 Å². The van der Waals surface area contributed by atoms with Gasteiger partial charge >= 0.3 is 0 Å². The average Bonchev–Trinajstić information content (AvgIpc) is 2.69. The number of carbonyl (C=O) groups is 1. The van der Waals surface area contributed by atoms with Gasteiger partial charge in [0.25, 0.3) is 5.91 Å². The first-order chi connectivity index (χ1) is 7.66. The lowest BCUT2D eigenvalue weighted by Gasteiger charge is -2.12. The second-order valence-corrected chi connectivity index (χ2v) is 4.14. The number of ether oxygens (including phenoxy) is 1. The Morgan fingerprint density at radius 2 is 2.38 bits per heavy atom. The van der Waals surface area contributed by atoms with Gasteiger partial charge in [0, 0.05) is 19.0 Å². The maximum absolute atomic E-state index is 11.7. The zero-order chi connectivity index (χ0) is 11.5. The van der Waals surface area contributed by atoms with E-state index in [4.69, 9.17) is 10.5 Å². The van der Waals surface area contributed by atoms with Crippen molar-refractivity contribution in [3.8, 4) is 5.75 Å². The van der Waals surface area contributed by atoms with Crippen molar-refractivity contribution >= 4 is 5.91 Å². The molecular weight excluding hydrogens is 204 g/mol. The minimum atomic E-state index is -0.406. The highest BCUT2D eigenvalue weighted by Crippen LogP contribution is 2.27. The van der Waals surface area contributed by atoms with Gasteiger partial charge in [0.15, 0.2) is 6.10 Å². The number of hydrogen-bond acceptors (Lipinski definition) is 3. The number of nitrogens with two attached hydrogens (primary N) is 1. The second kappa shape index (κ2) is 4.53. The number of fused-ring (bicyclic) bond motifs is 1. The fourth-order valence-electron chi connectivity index (χ4n) is 1.70. The molecule has 1 aromatic carbocycles. The van der Waals surface area contributed by atoms with Crippen LogP contribution in [0.1, 0.15) is 12.5 Å². The zero-order valence-corrected chi connectivity index (χ0v) is 9.27. The van der Waals surface area contributed by atoms with E-state index in [-0.39, 0.29) is 11.9 Å². The summed E-state index contributed by atoms with van der Waals surface area (Å²) in [7, 11) is 0. The van der Waals surface area contributed by atoms with Crippen molar-refractivity contribution in [3.05, 3.63) is 29.8 Å². The van der Waals surface area contributed by atoms with Gasteiger partial charge in [0.2, 0.25) is 0 Å². The van der Waals surface area contributed by atoms with Gasteiger partial charge in [-0.25, -0.2) is 0 Å². The molecule has 3 N–H and O–H groups in total. The van der Waals surface area contributed by atoms with Crippen molar-refractivity contribution in [2.24, 2.45) is 5.73 Å². The Bertz CT molecular complexity index is 365. The lowest BCUT2D eigenvalue weighted by atomic mass is 10.1. The first-order valence-corrected chi connectivity index (χ1v) is 5.44. The Morgan fingerprint density at radius 3 is 3.06 bits per heavy atom. The Kier molecular flexibility index (Phi) is 3.10. The van der Waals surface area contributed by atoms with Gasteiger partial charge in [0.1, 0.15) is 5.75 Å². The van der Waals surface area contributed by atoms with Crippen molar-refractivity contribution in [2.45, 2.75) is 25.5 Å². The van der Waals surface area contributed by atoms with Gasteiger partial charge in [0.05, 0.1) is 0 Å². The van der Waals surface area contributed by atoms with E-state index in [0.29, 0.717) is 13.0 Å².